The zero-order valence-corrected chi connectivity index (χ0v) is 15.3. The third-order valence-corrected chi connectivity index (χ3v) is 3.88. The van der Waals surface area contributed by atoms with Crippen LogP contribution in [0.25, 0.3) is 0 Å². The van der Waals surface area contributed by atoms with Gasteiger partial charge in [0.15, 0.2) is 0 Å². The molecule has 0 radical (unpaired) electrons. The first-order valence-electron chi connectivity index (χ1n) is 9.09. The number of unbranched alkanes of at least 4 members (excludes halogenated alkanes) is 2. The molecule has 0 saturated carbocycles. The summed E-state index contributed by atoms with van der Waals surface area (Å²) in [7, 11) is 0. The van der Waals surface area contributed by atoms with Gasteiger partial charge in [0.1, 0.15) is 6.10 Å². The van der Waals surface area contributed by atoms with Crippen LogP contribution in [-0.2, 0) is 9.53 Å². The summed E-state index contributed by atoms with van der Waals surface area (Å²) >= 11 is 0. The smallest absolute Gasteiger partial charge is 0.330 e. The van der Waals surface area contributed by atoms with Crippen molar-refractivity contribution < 1.29 is 24.9 Å². The normalized spacial score (nSPS) is 16.2. The average molecular weight is 354 g/mol. The summed E-state index contributed by atoms with van der Waals surface area (Å²) in [6, 6.07) is 0. The van der Waals surface area contributed by atoms with Crippen LogP contribution >= 0.6 is 0 Å². The van der Waals surface area contributed by atoms with Crippen molar-refractivity contribution in [1.29, 1.82) is 0 Å². The molecule has 3 N–H and O–H groups in total. The van der Waals surface area contributed by atoms with E-state index in [1.54, 1.807) is 12.2 Å². The van der Waals surface area contributed by atoms with E-state index in [9.17, 15) is 20.1 Å². The second-order valence-electron chi connectivity index (χ2n) is 6.25. The van der Waals surface area contributed by atoms with Gasteiger partial charge in [0, 0.05) is 12.5 Å². The molecule has 5 nitrogen and oxygen atoms in total. The van der Waals surface area contributed by atoms with Crippen molar-refractivity contribution in [2.45, 2.75) is 82.7 Å². The first kappa shape index (κ1) is 23.6. The molecule has 0 aliphatic carbocycles. The summed E-state index contributed by atoms with van der Waals surface area (Å²) in [5, 5.41) is 29.2. The molecule has 0 aromatic rings. The SMILES string of the molecule is C=CCC[C@H](CCCCC)OC(=O)/C=C/[C@H](O)[C@@H](O)C[C@H](O)CC=C. The van der Waals surface area contributed by atoms with E-state index in [-0.39, 0.29) is 12.5 Å². The van der Waals surface area contributed by atoms with Gasteiger partial charge in [0.2, 0.25) is 0 Å². The molecule has 5 heteroatoms. The van der Waals surface area contributed by atoms with Crippen LogP contribution in [0.1, 0.15) is 58.3 Å². The van der Waals surface area contributed by atoms with E-state index in [2.05, 4.69) is 20.1 Å². The highest BCUT2D eigenvalue weighted by Gasteiger charge is 2.18. The van der Waals surface area contributed by atoms with Crippen LogP contribution in [0.5, 0.6) is 0 Å². The highest BCUT2D eigenvalue weighted by Crippen LogP contribution is 2.13. The number of esters is 1. The Hall–Kier alpha value is -1.43. The third kappa shape index (κ3) is 12.6. The maximum Gasteiger partial charge on any atom is 0.330 e. The lowest BCUT2D eigenvalue weighted by Gasteiger charge is -2.18. The molecule has 0 amide bonds. The average Bonchev–Trinajstić information content (AvgIpc) is 2.57. The van der Waals surface area contributed by atoms with E-state index >= 15 is 0 Å². The van der Waals surface area contributed by atoms with Gasteiger partial charge < -0.3 is 20.1 Å². The highest BCUT2D eigenvalue weighted by molar-refractivity contribution is 5.82. The Morgan fingerprint density at radius 3 is 2.44 bits per heavy atom. The van der Waals surface area contributed by atoms with E-state index in [1.165, 1.54) is 6.08 Å². The molecule has 0 unspecified atom stereocenters. The lowest BCUT2D eigenvalue weighted by molar-refractivity contribution is -0.143. The van der Waals surface area contributed by atoms with Crippen LogP contribution in [0, 0.1) is 0 Å². The molecule has 144 valence electrons. The number of hydrogen-bond acceptors (Lipinski definition) is 5. The quantitative estimate of drug-likeness (QED) is 0.182. The molecule has 0 spiro atoms. The van der Waals surface area contributed by atoms with E-state index < -0.39 is 24.3 Å². The minimum atomic E-state index is -1.24. The Morgan fingerprint density at radius 2 is 1.84 bits per heavy atom. The standard InChI is InChI=1S/C20H34O5/c1-4-7-9-12-17(11-8-5-2)25-20(24)14-13-18(22)19(23)15-16(21)10-6-3/h5-6,13-14,16-19,21-23H,2-4,7-12,15H2,1H3/b14-13+/t16-,17-,18+,19+/m1/s1. The monoisotopic (exact) mass is 354 g/mol. The number of aliphatic hydroxyl groups is 3. The molecular weight excluding hydrogens is 320 g/mol. The van der Waals surface area contributed by atoms with Gasteiger partial charge in [-0.2, -0.15) is 0 Å². The van der Waals surface area contributed by atoms with E-state index in [4.69, 9.17) is 4.74 Å². The Morgan fingerprint density at radius 1 is 1.12 bits per heavy atom. The molecule has 25 heavy (non-hydrogen) atoms. The molecule has 0 heterocycles. The maximum absolute atomic E-state index is 11.9. The molecule has 0 aliphatic rings. The van der Waals surface area contributed by atoms with E-state index in [1.807, 2.05) is 0 Å². The molecule has 4 atom stereocenters. The van der Waals surface area contributed by atoms with Crippen LogP contribution in [0.15, 0.2) is 37.5 Å². The van der Waals surface area contributed by atoms with E-state index in [0.29, 0.717) is 6.42 Å². The second-order valence-corrected chi connectivity index (χ2v) is 6.25. The molecule has 0 aromatic heterocycles. The van der Waals surface area contributed by atoms with Crippen molar-refractivity contribution in [3.63, 3.8) is 0 Å². The number of hydrogen-bond donors (Lipinski definition) is 3. The Labute approximate surface area is 151 Å². The lowest BCUT2D eigenvalue weighted by atomic mass is 10.0. The van der Waals surface area contributed by atoms with Crippen LogP contribution in [0.2, 0.25) is 0 Å². The van der Waals surface area contributed by atoms with Gasteiger partial charge in [-0.15, -0.1) is 13.2 Å². The summed E-state index contributed by atoms with van der Waals surface area (Å²) in [6.07, 6.45) is 8.17. The summed E-state index contributed by atoms with van der Waals surface area (Å²) in [6.45, 7) is 9.30. The van der Waals surface area contributed by atoms with E-state index in [0.717, 1.165) is 44.6 Å². The van der Waals surface area contributed by atoms with Gasteiger partial charge in [-0.3, -0.25) is 0 Å². The molecule has 0 aliphatic heterocycles. The number of carbonyl (C=O) groups is 1. The molecular formula is C20H34O5. The Balaban J connectivity index is 4.41. The predicted molar refractivity (Wildman–Crippen MR) is 100 cm³/mol. The van der Waals surface area contributed by atoms with Gasteiger partial charge in [0.25, 0.3) is 0 Å². The predicted octanol–water partition coefficient (Wildman–Crippen LogP) is 3.05. The van der Waals surface area contributed by atoms with Crippen LogP contribution in [0.4, 0.5) is 0 Å². The molecule has 0 aromatic carbocycles. The van der Waals surface area contributed by atoms with Gasteiger partial charge in [0.05, 0.1) is 18.3 Å². The fourth-order valence-corrected chi connectivity index (χ4v) is 2.40. The largest absolute Gasteiger partial charge is 0.459 e. The first-order chi connectivity index (χ1) is 11.9. The third-order valence-electron chi connectivity index (χ3n) is 3.88. The molecule has 0 rings (SSSR count). The van der Waals surface area contributed by atoms with Crippen molar-refractivity contribution >= 4 is 5.97 Å². The zero-order valence-electron chi connectivity index (χ0n) is 15.3. The minimum Gasteiger partial charge on any atom is -0.459 e. The number of carbonyl (C=O) groups excluding carboxylic acids is 1. The van der Waals surface area contributed by atoms with Gasteiger partial charge in [-0.1, -0.05) is 31.9 Å². The van der Waals surface area contributed by atoms with Crippen molar-refractivity contribution in [1.82, 2.24) is 0 Å². The zero-order chi connectivity index (χ0) is 19.1. The lowest BCUT2D eigenvalue weighted by Crippen LogP contribution is -2.28. The van der Waals surface area contributed by atoms with Gasteiger partial charge in [-0.25, -0.2) is 4.79 Å². The van der Waals surface area contributed by atoms with Crippen LogP contribution in [0.3, 0.4) is 0 Å². The maximum atomic E-state index is 11.9. The van der Waals surface area contributed by atoms with Gasteiger partial charge in [-0.05, 0) is 38.2 Å². The van der Waals surface area contributed by atoms with Crippen molar-refractivity contribution in [2.24, 2.45) is 0 Å². The molecule has 0 bridgehead atoms. The van der Waals surface area contributed by atoms with Crippen LogP contribution in [-0.4, -0.2) is 45.7 Å². The van der Waals surface area contributed by atoms with Gasteiger partial charge >= 0.3 is 5.97 Å². The number of aliphatic hydroxyl groups excluding tert-OH is 3. The summed E-state index contributed by atoms with van der Waals surface area (Å²) in [4.78, 5) is 11.9. The number of ether oxygens (including phenoxy) is 1. The van der Waals surface area contributed by atoms with Crippen molar-refractivity contribution in [3.8, 4) is 0 Å². The number of rotatable bonds is 15. The van der Waals surface area contributed by atoms with Crippen LogP contribution < -0.4 is 0 Å². The minimum absolute atomic E-state index is 0.00551. The number of allylic oxidation sites excluding steroid dienone is 1. The van der Waals surface area contributed by atoms with Crippen molar-refractivity contribution in [2.75, 3.05) is 0 Å². The molecule has 0 saturated heterocycles. The summed E-state index contributed by atoms with van der Waals surface area (Å²) in [5.41, 5.74) is 0. The first-order valence-corrected chi connectivity index (χ1v) is 9.09. The second kappa shape index (κ2) is 14.9. The topological polar surface area (TPSA) is 87.0 Å². The summed E-state index contributed by atoms with van der Waals surface area (Å²) in [5.74, 6) is -0.538. The molecule has 0 fully saturated rings. The highest BCUT2D eigenvalue weighted by atomic mass is 16.5. The van der Waals surface area contributed by atoms with Crippen molar-refractivity contribution in [3.05, 3.63) is 37.5 Å². The Bertz CT molecular complexity index is 405. The fraction of sp³-hybridized carbons (Fsp3) is 0.650. The Kier molecular flexibility index (Phi) is 14.0. The summed E-state index contributed by atoms with van der Waals surface area (Å²) < 4.78 is 5.42. The fourth-order valence-electron chi connectivity index (χ4n) is 2.40.